The van der Waals surface area contributed by atoms with E-state index in [4.69, 9.17) is 9.47 Å². The number of benzene rings is 2. The van der Waals surface area contributed by atoms with Crippen LogP contribution in [-0.4, -0.2) is 70.8 Å². The van der Waals surface area contributed by atoms with Crippen molar-refractivity contribution in [2.75, 3.05) is 54.1 Å². The highest BCUT2D eigenvalue weighted by molar-refractivity contribution is 5.96. The van der Waals surface area contributed by atoms with Gasteiger partial charge in [0.2, 0.25) is 5.91 Å². The van der Waals surface area contributed by atoms with Gasteiger partial charge in [-0.1, -0.05) is 32.9 Å². The van der Waals surface area contributed by atoms with E-state index < -0.39 is 0 Å². The molecular formula is C30H46FN3O4. The first kappa shape index (κ1) is 33.1. The fourth-order valence-corrected chi connectivity index (χ4v) is 3.78. The van der Waals surface area contributed by atoms with Crippen LogP contribution in [0.1, 0.15) is 61.9 Å². The summed E-state index contributed by atoms with van der Waals surface area (Å²) < 4.78 is 22.5. The second-order valence-corrected chi connectivity index (χ2v) is 8.97. The van der Waals surface area contributed by atoms with Gasteiger partial charge in [-0.15, -0.1) is 0 Å². The summed E-state index contributed by atoms with van der Waals surface area (Å²) in [6, 6.07) is 13.7. The van der Waals surface area contributed by atoms with Gasteiger partial charge < -0.3 is 25.0 Å². The second-order valence-electron chi connectivity index (χ2n) is 8.97. The number of amides is 2. The third-order valence-electron chi connectivity index (χ3n) is 6.17. The van der Waals surface area contributed by atoms with Crippen LogP contribution in [0.3, 0.4) is 0 Å². The number of ether oxygens (including phenoxy) is 2. The van der Waals surface area contributed by atoms with Gasteiger partial charge in [-0.05, 0) is 80.1 Å². The van der Waals surface area contributed by atoms with E-state index in [0.29, 0.717) is 5.56 Å². The van der Waals surface area contributed by atoms with Crippen LogP contribution < -0.4 is 15.4 Å². The molecule has 4 rings (SSSR count). The zero-order valence-corrected chi connectivity index (χ0v) is 23.9. The molecule has 0 aromatic heterocycles. The predicted molar refractivity (Wildman–Crippen MR) is 151 cm³/mol. The summed E-state index contributed by atoms with van der Waals surface area (Å²) in [6.07, 6.45) is 3.40. The lowest BCUT2D eigenvalue weighted by Gasteiger charge is -2.15. The molecule has 8 heteroatoms. The minimum Gasteiger partial charge on any atom is -0.497 e. The highest BCUT2D eigenvalue weighted by Crippen LogP contribution is 2.46. The van der Waals surface area contributed by atoms with E-state index in [1.54, 1.807) is 19.1 Å². The number of hydrogen-bond donors (Lipinski definition) is 2. The molecule has 1 saturated heterocycles. The maximum atomic E-state index is 12.7. The second kappa shape index (κ2) is 19.2. The molecule has 2 aromatic rings. The van der Waals surface area contributed by atoms with Crippen LogP contribution in [0.15, 0.2) is 48.5 Å². The zero-order valence-electron chi connectivity index (χ0n) is 23.9. The molecule has 38 heavy (non-hydrogen) atoms. The highest BCUT2D eigenvalue weighted by atomic mass is 19.1. The first-order valence-corrected chi connectivity index (χ1v) is 13.5. The minimum atomic E-state index is -0.389. The predicted octanol–water partition coefficient (Wildman–Crippen LogP) is 4.87. The number of likely N-dealkylation sites (N-methyl/N-ethyl adjacent to an activating group) is 1. The Bertz CT molecular complexity index is 912. The van der Waals surface area contributed by atoms with Crippen molar-refractivity contribution in [2.24, 2.45) is 5.92 Å². The highest BCUT2D eigenvalue weighted by Gasteiger charge is 2.33. The molecule has 0 radical (unpaired) electrons. The van der Waals surface area contributed by atoms with Crippen molar-refractivity contribution in [3.63, 3.8) is 0 Å². The number of likely N-dealkylation sites (tertiary alicyclic amines) is 1. The summed E-state index contributed by atoms with van der Waals surface area (Å²) in [5, 5.41) is 5.49. The van der Waals surface area contributed by atoms with Gasteiger partial charge in [-0.25, -0.2) is 4.39 Å². The maximum Gasteiger partial charge on any atom is 0.251 e. The third-order valence-corrected chi connectivity index (χ3v) is 6.17. The van der Waals surface area contributed by atoms with E-state index in [-0.39, 0.29) is 24.2 Å². The number of halogens is 1. The molecule has 1 aliphatic heterocycles. The first-order valence-electron chi connectivity index (χ1n) is 13.5. The van der Waals surface area contributed by atoms with Crippen molar-refractivity contribution < 1.29 is 23.5 Å². The van der Waals surface area contributed by atoms with E-state index in [2.05, 4.69) is 29.7 Å². The van der Waals surface area contributed by atoms with Crippen LogP contribution in [0, 0.1) is 11.7 Å². The molecule has 212 valence electrons. The van der Waals surface area contributed by atoms with Gasteiger partial charge >= 0.3 is 0 Å². The summed E-state index contributed by atoms with van der Waals surface area (Å²) in [5.41, 5.74) is 1.81. The SMILES string of the molecule is CC.CNCCOC.COc1ccc(C2CC2C)cc1.O=C(NCC(=O)N1CCCC1)c1ccc(F)cc1. The molecule has 2 fully saturated rings. The van der Waals surface area contributed by atoms with Crippen molar-refractivity contribution in [3.8, 4) is 5.75 Å². The number of nitrogens with zero attached hydrogens (tertiary/aromatic N) is 1. The Morgan fingerprint density at radius 2 is 1.58 bits per heavy atom. The van der Waals surface area contributed by atoms with Gasteiger partial charge in [0.1, 0.15) is 11.6 Å². The molecule has 0 spiro atoms. The van der Waals surface area contributed by atoms with Gasteiger partial charge in [0.05, 0.1) is 20.3 Å². The van der Waals surface area contributed by atoms with E-state index in [1.807, 2.05) is 33.0 Å². The Balaban J connectivity index is 0.000000310. The van der Waals surface area contributed by atoms with Gasteiger partial charge in [0.15, 0.2) is 0 Å². The number of hydrogen-bond acceptors (Lipinski definition) is 5. The molecule has 2 aromatic carbocycles. The lowest BCUT2D eigenvalue weighted by Crippen LogP contribution is -2.38. The van der Waals surface area contributed by atoms with Crippen LogP contribution in [0.5, 0.6) is 5.75 Å². The van der Waals surface area contributed by atoms with E-state index in [1.165, 1.54) is 36.2 Å². The van der Waals surface area contributed by atoms with Crippen LogP contribution in [0.2, 0.25) is 0 Å². The molecule has 2 atom stereocenters. The van der Waals surface area contributed by atoms with Gasteiger partial charge in [-0.3, -0.25) is 9.59 Å². The molecule has 2 unspecified atom stereocenters. The molecule has 1 heterocycles. The van der Waals surface area contributed by atoms with Crippen LogP contribution in [-0.2, 0) is 9.53 Å². The summed E-state index contributed by atoms with van der Waals surface area (Å²) >= 11 is 0. The number of rotatable bonds is 8. The maximum absolute atomic E-state index is 12.7. The molecular weight excluding hydrogens is 485 g/mol. The van der Waals surface area contributed by atoms with Crippen molar-refractivity contribution in [1.82, 2.24) is 15.5 Å². The van der Waals surface area contributed by atoms with Gasteiger partial charge in [0.25, 0.3) is 5.91 Å². The minimum absolute atomic E-state index is 0.00376. The Hall–Kier alpha value is -2.97. The third kappa shape index (κ3) is 12.5. The molecule has 7 nitrogen and oxygen atoms in total. The van der Waals surface area contributed by atoms with Crippen LogP contribution in [0.25, 0.3) is 0 Å². The smallest absolute Gasteiger partial charge is 0.251 e. The average Bonchev–Trinajstić information content (AvgIpc) is 3.43. The van der Waals surface area contributed by atoms with Crippen molar-refractivity contribution >= 4 is 11.8 Å². The summed E-state index contributed by atoms with van der Waals surface area (Å²) in [7, 11) is 5.30. The number of methoxy groups -OCH3 is 2. The Morgan fingerprint density at radius 1 is 1.00 bits per heavy atom. The average molecular weight is 532 g/mol. The molecule has 0 bridgehead atoms. The van der Waals surface area contributed by atoms with Crippen molar-refractivity contribution in [1.29, 1.82) is 0 Å². The van der Waals surface area contributed by atoms with E-state index >= 15 is 0 Å². The normalized spacial score (nSPS) is 17.0. The topological polar surface area (TPSA) is 79.9 Å². The number of carbonyl (C=O) groups excluding carboxylic acids is 2. The van der Waals surface area contributed by atoms with Gasteiger partial charge in [-0.2, -0.15) is 0 Å². The molecule has 2 aliphatic rings. The summed E-state index contributed by atoms with van der Waals surface area (Å²) in [5.74, 6) is 1.84. The Labute approximate surface area is 228 Å². The fraction of sp³-hybridized carbons (Fsp3) is 0.533. The van der Waals surface area contributed by atoms with Crippen LogP contribution >= 0.6 is 0 Å². The van der Waals surface area contributed by atoms with Crippen molar-refractivity contribution in [3.05, 3.63) is 65.5 Å². The number of nitrogens with one attached hydrogen (secondary N) is 2. The molecule has 2 amide bonds. The number of carbonyl (C=O) groups is 2. The summed E-state index contributed by atoms with van der Waals surface area (Å²) in [6.45, 7) is 9.58. The van der Waals surface area contributed by atoms with E-state index in [0.717, 1.165) is 56.7 Å². The lowest BCUT2D eigenvalue weighted by atomic mass is 10.1. The molecule has 1 aliphatic carbocycles. The van der Waals surface area contributed by atoms with E-state index in [9.17, 15) is 14.0 Å². The zero-order chi connectivity index (χ0) is 28.3. The Morgan fingerprint density at radius 3 is 2.03 bits per heavy atom. The quantitative estimate of drug-likeness (QED) is 0.475. The molecule has 1 saturated carbocycles. The first-order chi connectivity index (χ1) is 18.4. The lowest BCUT2D eigenvalue weighted by molar-refractivity contribution is -0.129. The molecule has 2 N–H and O–H groups in total. The standard InChI is InChI=1S/C13H15FN2O2.C11H14O.C4H11NO.C2H6/c14-11-5-3-10(4-6-11)13(18)15-9-12(17)16-7-1-2-8-16;1-8-7-11(8)9-3-5-10(12-2)6-4-9;1-5-3-4-6-2;1-2/h3-6H,1-2,7-9H2,(H,15,18);3-6,8,11H,7H2,1-2H3;5H,3-4H2,1-2H3;1-2H3. The fourth-order valence-electron chi connectivity index (χ4n) is 3.78. The summed E-state index contributed by atoms with van der Waals surface area (Å²) in [4.78, 5) is 25.1. The Kier molecular flexibility index (Phi) is 16.7. The largest absolute Gasteiger partial charge is 0.497 e. The van der Waals surface area contributed by atoms with Crippen molar-refractivity contribution in [2.45, 2.75) is 46.0 Å². The van der Waals surface area contributed by atoms with Crippen LogP contribution in [0.4, 0.5) is 4.39 Å². The monoisotopic (exact) mass is 531 g/mol. The van der Waals surface area contributed by atoms with Gasteiger partial charge in [0, 0.05) is 32.3 Å².